The lowest BCUT2D eigenvalue weighted by Crippen LogP contribution is -2.19. The van der Waals surface area contributed by atoms with Crippen molar-refractivity contribution in [2.45, 2.75) is 6.92 Å². The highest BCUT2D eigenvalue weighted by molar-refractivity contribution is 8.18. The minimum Gasteiger partial charge on any atom is -0.496 e. The van der Waals surface area contributed by atoms with Crippen molar-refractivity contribution < 1.29 is 23.7 Å². The summed E-state index contributed by atoms with van der Waals surface area (Å²) < 4.78 is 21.5. The quantitative estimate of drug-likeness (QED) is 0.690. The molecule has 0 atom stereocenters. The molecule has 1 heterocycles. The largest absolute Gasteiger partial charge is 0.496 e. The number of nitrogens with one attached hydrogen (secondary N) is 1. The van der Waals surface area contributed by atoms with Gasteiger partial charge in [-0.05, 0) is 55.1 Å². The molecule has 0 bridgehead atoms. The van der Waals surface area contributed by atoms with Crippen LogP contribution >= 0.6 is 11.8 Å². The molecule has 0 spiro atoms. The molecule has 8 heteroatoms. The van der Waals surface area contributed by atoms with Gasteiger partial charge >= 0.3 is 0 Å². The summed E-state index contributed by atoms with van der Waals surface area (Å²) in [5.74, 6) is 2.22. The predicted octanol–water partition coefficient (Wildman–Crippen LogP) is 4.00. The van der Waals surface area contributed by atoms with Crippen LogP contribution in [0.1, 0.15) is 12.5 Å². The normalized spacial score (nSPS) is 16.1. The van der Waals surface area contributed by atoms with Crippen LogP contribution in [0.3, 0.4) is 0 Å². The zero-order valence-electron chi connectivity index (χ0n) is 16.6. The van der Waals surface area contributed by atoms with E-state index in [1.54, 1.807) is 39.5 Å². The number of amides is 1. The Bertz CT molecular complexity index is 954. The highest BCUT2D eigenvalue weighted by Gasteiger charge is 2.24. The van der Waals surface area contributed by atoms with Gasteiger partial charge in [0.25, 0.3) is 5.91 Å². The van der Waals surface area contributed by atoms with Gasteiger partial charge in [-0.3, -0.25) is 4.79 Å². The maximum Gasteiger partial charge on any atom is 0.264 e. The molecule has 1 aliphatic heterocycles. The molecule has 0 aliphatic carbocycles. The summed E-state index contributed by atoms with van der Waals surface area (Å²) in [5, 5.41) is 3.28. The number of hydrogen-bond donors (Lipinski definition) is 1. The maximum atomic E-state index is 12.4. The van der Waals surface area contributed by atoms with Crippen LogP contribution in [0.15, 0.2) is 46.3 Å². The first-order chi connectivity index (χ1) is 14.1. The molecule has 0 unspecified atom stereocenters. The summed E-state index contributed by atoms with van der Waals surface area (Å²) in [6.07, 6.45) is 1.74. The van der Waals surface area contributed by atoms with E-state index in [9.17, 15) is 4.79 Å². The van der Waals surface area contributed by atoms with Gasteiger partial charge in [-0.1, -0.05) is 0 Å². The van der Waals surface area contributed by atoms with Gasteiger partial charge < -0.3 is 24.3 Å². The number of thioether (sulfide) groups is 1. The fourth-order valence-corrected chi connectivity index (χ4v) is 3.52. The van der Waals surface area contributed by atoms with E-state index >= 15 is 0 Å². The summed E-state index contributed by atoms with van der Waals surface area (Å²) in [5.41, 5.74) is 1.42. The number of aliphatic imine (C=N–C) groups is 1. The molecule has 0 saturated carbocycles. The van der Waals surface area contributed by atoms with Gasteiger partial charge in [-0.2, -0.15) is 0 Å². The summed E-state index contributed by atoms with van der Waals surface area (Å²) in [6.45, 7) is 2.54. The number of rotatable bonds is 7. The summed E-state index contributed by atoms with van der Waals surface area (Å²) in [4.78, 5) is 17.4. The number of benzene rings is 2. The second-order valence-electron chi connectivity index (χ2n) is 5.86. The van der Waals surface area contributed by atoms with Crippen molar-refractivity contribution in [1.29, 1.82) is 0 Å². The number of ether oxygens (including phenoxy) is 4. The number of hydrogen-bond acceptors (Lipinski definition) is 7. The minimum absolute atomic E-state index is 0.225. The van der Waals surface area contributed by atoms with Crippen LogP contribution < -0.4 is 24.3 Å². The first-order valence-electron chi connectivity index (χ1n) is 8.90. The monoisotopic (exact) mass is 414 g/mol. The lowest BCUT2D eigenvalue weighted by Gasteiger charge is -2.12. The summed E-state index contributed by atoms with van der Waals surface area (Å²) in [6, 6.07) is 10.8. The van der Waals surface area contributed by atoms with Crippen LogP contribution in [0.4, 0.5) is 5.69 Å². The number of methoxy groups -OCH3 is 3. The van der Waals surface area contributed by atoms with Gasteiger partial charge in [0.15, 0.2) is 16.7 Å². The van der Waals surface area contributed by atoms with Crippen LogP contribution in [0.25, 0.3) is 6.08 Å². The van der Waals surface area contributed by atoms with Gasteiger partial charge in [0.1, 0.15) is 11.5 Å². The van der Waals surface area contributed by atoms with Gasteiger partial charge in [-0.25, -0.2) is 4.99 Å². The van der Waals surface area contributed by atoms with Crippen molar-refractivity contribution in [3.8, 4) is 23.0 Å². The molecule has 1 aliphatic rings. The van der Waals surface area contributed by atoms with Crippen LogP contribution in [0.2, 0.25) is 0 Å². The van der Waals surface area contributed by atoms with Crippen molar-refractivity contribution in [2.75, 3.05) is 27.9 Å². The Morgan fingerprint density at radius 1 is 1.00 bits per heavy atom. The Balaban J connectivity index is 1.85. The van der Waals surface area contributed by atoms with Crippen molar-refractivity contribution >= 4 is 34.6 Å². The van der Waals surface area contributed by atoms with Gasteiger partial charge in [0.05, 0.1) is 38.5 Å². The molecule has 0 aromatic heterocycles. The van der Waals surface area contributed by atoms with Crippen LogP contribution in [-0.2, 0) is 4.79 Å². The van der Waals surface area contributed by atoms with Crippen LogP contribution in [-0.4, -0.2) is 39.0 Å². The van der Waals surface area contributed by atoms with Crippen molar-refractivity contribution in [2.24, 2.45) is 4.99 Å². The smallest absolute Gasteiger partial charge is 0.264 e. The molecule has 1 amide bonds. The van der Waals surface area contributed by atoms with E-state index in [-0.39, 0.29) is 5.91 Å². The SMILES string of the molecule is CCOc1ccc(N=C2NC(=O)/C(=C\c3cc(OC)c(OC)cc3OC)S2)cc1. The highest BCUT2D eigenvalue weighted by atomic mass is 32.2. The van der Waals surface area contributed by atoms with Gasteiger partial charge in [-0.15, -0.1) is 0 Å². The molecule has 1 fully saturated rings. The molecule has 1 N–H and O–H groups in total. The minimum atomic E-state index is -0.225. The fraction of sp³-hybridized carbons (Fsp3) is 0.238. The third kappa shape index (κ3) is 4.83. The number of carbonyl (C=O) groups is 1. The number of nitrogens with zero attached hydrogens (tertiary/aromatic N) is 1. The maximum absolute atomic E-state index is 12.4. The molecule has 29 heavy (non-hydrogen) atoms. The van der Waals surface area contributed by atoms with Gasteiger partial charge in [0, 0.05) is 11.6 Å². The average molecular weight is 414 g/mol. The van der Waals surface area contributed by atoms with E-state index in [0.29, 0.717) is 39.5 Å². The van der Waals surface area contributed by atoms with Crippen LogP contribution in [0.5, 0.6) is 23.0 Å². The molecule has 0 radical (unpaired) electrons. The molecular formula is C21H22N2O5S. The first kappa shape index (κ1) is 20.6. The number of amidine groups is 1. The Labute approximate surface area is 173 Å². The Morgan fingerprint density at radius 3 is 2.28 bits per heavy atom. The van der Waals surface area contributed by atoms with E-state index in [1.807, 2.05) is 31.2 Å². The molecule has 3 rings (SSSR count). The first-order valence-corrected chi connectivity index (χ1v) is 9.72. The van der Waals surface area contributed by atoms with E-state index in [0.717, 1.165) is 11.4 Å². The van der Waals surface area contributed by atoms with Crippen molar-refractivity contribution in [3.05, 3.63) is 46.9 Å². The topological polar surface area (TPSA) is 78.4 Å². The van der Waals surface area contributed by atoms with Crippen molar-refractivity contribution in [1.82, 2.24) is 5.32 Å². The Hall–Kier alpha value is -3.13. The molecular weight excluding hydrogens is 392 g/mol. The second kappa shape index (κ2) is 9.38. The molecule has 7 nitrogen and oxygen atoms in total. The third-order valence-electron chi connectivity index (χ3n) is 4.05. The lowest BCUT2D eigenvalue weighted by atomic mass is 10.1. The number of carbonyl (C=O) groups excluding carboxylic acids is 1. The Kier molecular flexibility index (Phi) is 6.66. The van der Waals surface area contributed by atoms with Crippen molar-refractivity contribution in [3.63, 3.8) is 0 Å². The Morgan fingerprint density at radius 2 is 1.66 bits per heavy atom. The molecule has 152 valence electrons. The second-order valence-corrected chi connectivity index (χ2v) is 6.89. The van der Waals surface area contributed by atoms with E-state index in [4.69, 9.17) is 18.9 Å². The standard InChI is InChI=1S/C21H22N2O5S/c1-5-28-15-8-6-14(7-9-15)22-21-23-20(24)19(29-21)11-13-10-17(26-3)18(27-4)12-16(13)25-2/h6-12H,5H2,1-4H3,(H,22,23,24)/b19-11+. The summed E-state index contributed by atoms with van der Waals surface area (Å²) >= 11 is 1.26. The highest BCUT2D eigenvalue weighted by Crippen LogP contribution is 2.37. The molecule has 2 aromatic carbocycles. The molecule has 2 aromatic rings. The fourth-order valence-electron chi connectivity index (χ4n) is 2.69. The van der Waals surface area contributed by atoms with E-state index in [1.165, 1.54) is 11.8 Å². The zero-order valence-corrected chi connectivity index (χ0v) is 17.5. The molecule has 1 saturated heterocycles. The summed E-state index contributed by atoms with van der Waals surface area (Å²) in [7, 11) is 4.67. The third-order valence-corrected chi connectivity index (χ3v) is 4.96. The average Bonchev–Trinajstić information content (AvgIpc) is 3.07. The van der Waals surface area contributed by atoms with Crippen LogP contribution in [0, 0.1) is 0 Å². The lowest BCUT2D eigenvalue weighted by molar-refractivity contribution is -0.115. The predicted molar refractivity (Wildman–Crippen MR) is 115 cm³/mol. The zero-order chi connectivity index (χ0) is 20.8. The van der Waals surface area contributed by atoms with E-state index in [2.05, 4.69) is 10.3 Å². The van der Waals surface area contributed by atoms with Gasteiger partial charge in [0.2, 0.25) is 0 Å². The van der Waals surface area contributed by atoms with E-state index < -0.39 is 0 Å².